The number of nitrogens with zero attached hydrogens (tertiary/aromatic N) is 3. The Hall–Kier alpha value is -2.92. The molecule has 1 aliphatic rings. The lowest BCUT2D eigenvalue weighted by atomic mass is 10.0. The van der Waals surface area contributed by atoms with Gasteiger partial charge in [-0.2, -0.15) is 10.1 Å². The average Bonchev–Trinajstić information content (AvgIpc) is 3.10. The molecule has 2 aromatic carbocycles. The molecule has 2 N–H and O–H groups in total. The Balaban J connectivity index is 1.76. The van der Waals surface area contributed by atoms with Gasteiger partial charge < -0.3 is 10.4 Å². The average molecular weight is 332 g/mol. The van der Waals surface area contributed by atoms with Gasteiger partial charge in [0, 0.05) is 18.7 Å². The summed E-state index contributed by atoms with van der Waals surface area (Å²) in [6.45, 7) is 0.146. The molecule has 126 valence electrons. The highest BCUT2D eigenvalue weighted by molar-refractivity contribution is 5.77. The molecule has 0 saturated carbocycles. The van der Waals surface area contributed by atoms with Crippen molar-refractivity contribution < 1.29 is 5.11 Å². The van der Waals surface area contributed by atoms with Crippen LogP contribution in [0.5, 0.6) is 0 Å². The molecule has 1 aromatic heterocycles. The van der Waals surface area contributed by atoms with E-state index in [2.05, 4.69) is 45.7 Å². The predicted molar refractivity (Wildman–Crippen MR) is 98.1 cm³/mol. The number of benzene rings is 2. The van der Waals surface area contributed by atoms with Crippen molar-refractivity contribution in [3.05, 3.63) is 83.7 Å². The van der Waals surface area contributed by atoms with Crippen molar-refractivity contribution in [3.63, 3.8) is 0 Å². The topological polar surface area (TPSA) is 63.0 Å². The van der Waals surface area contributed by atoms with E-state index in [0.717, 1.165) is 28.6 Å². The quantitative estimate of drug-likeness (QED) is 0.753. The van der Waals surface area contributed by atoms with Crippen LogP contribution in [0.2, 0.25) is 0 Å². The number of aliphatic hydroxyl groups excluding tert-OH is 1. The van der Waals surface area contributed by atoms with Gasteiger partial charge >= 0.3 is 0 Å². The molecule has 0 fully saturated rings. The van der Waals surface area contributed by atoms with Gasteiger partial charge in [0.1, 0.15) is 6.04 Å². The fraction of sp³-hybridized carbons (Fsp3) is 0.200. The van der Waals surface area contributed by atoms with Crippen LogP contribution in [0.25, 0.3) is 5.70 Å². The summed E-state index contributed by atoms with van der Waals surface area (Å²) in [4.78, 5) is 4.63. The van der Waals surface area contributed by atoms with Gasteiger partial charge in [0.2, 0.25) is 5.95 Å². The lowest BCUT2D eigenvalue weighted by Gasteiger charge is -2.24. The second-order valence-electron chi connectivity index (χ2n) is 6.05. The fourth-order valence-electron chi connectivity index (χ4n) is 3.05. The summed E-state index contributed by atoms with van der Waals surface area (Å²) in [5.41, 5.74) is 3.31. The number of hydrogen-bond donors (Lipinski definition) is 2. The van der Waals surface area contributed by atoms with E-state index in [0.29, 0.717) is 12.8 Å². The van der Waals surface area contributed by atoms with Gasteiger partial charge in [-0.15, -0.1) is 0 Å². The zero-order valence-corrected chi connectivity index (χ0v) is 13.8. The number of nitrogens with one attached hydrogen (secondary N) is 1. The van der Waals surface area contributed by atoms with E-state index < -0.39 is 0 Å². The maximum atomic E-state index is 9.06. The zero-order valence-electron chi connectivity index (χ0n) is 13.8. The SMILES string of the molecule is OCCCc1nc2n(n1)[C@@H](c1ccccc1)C=C(c1ccccc1)N2. The second-order valence-corrected chi connectivity index (χ2v) is 6.05. The van der Waals surface area contributed by atoms with E-state index in [4.69, 9.17) is 5.11 Å². The van der Waals surface area contributed by atoms with Crippen LogP contribution in [0, 0.1) is 0 Å². The Morgan fingerprint density at radius 3 is 2.44 bits per heavy atom. The first-order valence-corrected chi connectivity index (χ1v) is 8.50. The van der Waals surface area contributed by atoms with Crippen molar-refractivity contribution in [2.45, 2.75) is 18.9 Å². The molecule has 3 aromatic rings. The van der Waals surface area contributed by atoms with Crippen LogP contribution in [-0.2, 0) is 6.42 Å². The van der Waals surface area contributed by atoms with Gasteiger partial charge in [-0.05, 0) is 23.6 Å². The monoisotopic (exact) mass is 332 g/mol. The molecule has 0 saturated heterocycles. The molecule has 1 aliphatic heterocycles. The maximum absolute atomic E-state index is 9.06. The Kier molecular flexibility index (Phi) is 4.31. The van der Waals surface area contributed by atoms with Crippen molar-refractivity contribution in [2.24, 2.45) is 0 Å². The third-order valence-corrected chi connectivity index (χ3v) is 4.29. The van der Waals surface area contributed by atoms with Crippen molar-refractivity contribution in [1.82, 2.24) is 14.8 Å². The molecule has 0 unspecified atom stereocenters. The number of anilines is 1. The fourth-order valence-corrected chi connectivity index (χ4v) is 3.05. The molecule has 0 amide bonds. The molecule has 4 rings (SSSR count). The van der Waals surface area contributed by atoms with Crippen LogP contribution in [0.4, 0.5) is 5.95 Å². The van der Waals surface area contributed by atoms with Gasteiger partial charge in [0.05, 0.1) is 0 Å². The van der Waals surface area contributed by atoms with E-state index in [1.807, 2.05) is 41.1 Å². The van der Waals surface area contributed by atoms with Crippen molar-refractivity contribution in [2.75, 3.05) is 11.9 Å². The number of aliphatic hydroxyl groups is 1. The summed E-state index contributed by atoms with van der Waals surface area (Å²) in [5.74, 6) is 1.49. The van der Waals surface area contributed by atoms with Crippen molar-refractivity contribution >= 4 is 11.6 Å². The third-order valence-electron chi connectivity index (χ3n) is 4.29. The maximum Gasteiger partial charge on any atom is 0.226 e. The zero-order chi connectivity index (χ0) is 17.1. The minimum atomic E-state index is -0.0111. The third kappa shape index (κ3) is 3.19. The second kappa shape index (κ2) is 6.91. The Morgan fingerprint density at radius 1 is 1.00 bits per heavy atom. The number of fused-ring (bicyclic) bond motifs is 1. The summed E-state index contributed by atoms with van der Waals surface area (Å²) < 4.78 is 1.93. The molecule has 1 atom stereocenters. The highest BCUT2D eigenvalue weighted by atomic mass is 16.2. The van der Waals surface area contributed by atoms with Crippen LogP contribution in [0.3, 0.4) is 0 Å². The molecule has 0 aliphatic carbocycles. The van der Waals surface area contributed by atoms with Crippen LogP contribution < -0.4 is 5.32 Å². The largest absolute Gasteiger partial charge is 0.396 e. The molecular formula is C20H20N4O. The lowest BCUT2D eigenvalue weighted by molar-refractivity contribution is 0.287. The summed E-state index contributed by atoms with van der Waals surface area (Å²) in [7, 11) is 0. The molecule has 0 spiro atoms. The van der Waals surface area contributed by atoms with E-state index >= 15 is 0 Å². The van der Waals surface area contributed by atoms with Gasteiger partial charge in [0.15, 0.2) is 5.82 Å². The number of rotatable bonds is 5. The van der Waals surface area contributed by atoms with Gasteiger partial charge in [-0.1, -0.05) is 60.7 Å². The van der Waals surface area contributed by atoms with Crippen molar-refractivity contribution in [1.29, 1.82) is 0 Å². The van der Waals surface area contributed by atoms with E-state index in [1.54, 1.807) is 0 Å². The van der Waals surface area contributed by atoms with Crippen LogP contribution in [0.15, 0.2) is 66.7 Å². The highest BCUT2D eigenvalue weighted by Gasteiger charge is 2.24. The predicted octanol–water partition coefficient (Wildman–Crippen LogP) is 3.26. The van der Waals surface area contributed by atoms with Crippen LogP contribution >= 0.6 is 0 Å². The summed E-state index contributed by atoms with van der Waals surface area (Å²) in [6.07, 6.45) is 3.51. The molecule has 0 radical (unpaired) electrons. The molecule has 25 heavy (non-hydrogen) atoms. The lowest BCUT2D eigenvalue weighted by Crippen LogP contribution is -2.20. The molecule has 5 nitrogen and oxygen atoms in total. The number of aryl methyl sites for hydroxylation is 1. The highest BCUT2D eigenvalue weighted by Crippen LogP contribution is 2.32. The Labute approximate surface area is 146 Å². The molecule has 2 heterocycles. The standard InChI is InChI=1S/C20H20N4O/c25-13-7-12-19-22-20-21-17(15-8-3-1-4-9-15)14-18(24(20)23-19)16-10-5-2-6-11-16/h1-6,8-11,14,18,25H,7,12-13H2,(H,21,22,23)/t18-/m1/s1. The first kappa shape index (κ1) is 15.6. The van der Waals surface area contributed by atoms with E-state index in [9.17, 15) is 0 Å². The van der Waals surface area contributed by atoms with Crippen molar-refractivity contribution in [3.8, 4) is 0 Å². The minimum Gasteiger partial charge on any atom is -0.396 e. The summed E-state index contributed by atoms with van der Waals surface area (Å²) in [5, 5.41) is 17.1. The van der Waals surface area contributed by atoms with Gasteiger partial charge in [-0.3, -0.25) is 0 Å². The summed E-state index contributed by atoms with van der Waals surface area (Å²) in [6, 6.07) is 20.5. The van der Waals surface area contributed by atoms with E-state index in [-0.39, 0.29) is 12.6 Å². The number of hydrogen-bond acceptors (Lipinski definition) is 4. The number of allylic oxidation sites excluding steroid dienone is 1. The summed E-state index contributed by atoms with van der Waals surface area (Å²) >= 11 is 0. The van der Waals surface area contributed by atoms with Crippen LogP contribution in [0.1, 0.15) is 29.4 Å². The van der Waals surface area contributed by atoms with E-state index in [1.165, 1.54) is 0 Å². The Morgan fingerprint density at radius 2 is 1.72 bits per heavy atom. The molecule has 0 bridgehead atoms. The first-order valence-electron chi connectivity index (χ1n) is 8.50. The molecule has 5 heteroatoms. The van der Waals surface area contributed by atoms with Crippen LogP contribution in [-0.4, -0.2) is 26.5 Å². The first-order chi connectivity index (χ1) is 12.3. The molecular weight excluding hydrogens is 312 g/mol. The minimum absolute atomic E-state index is 0.0111. The van der Waals surface area contributed by atoms with Gasteiger partial charge in [-0.25, -0.2) is 4.68 Å². The number of aromatic nitrogens is 3. The Bertz CT molecular complexity index is 871. The normalized spacial score (nSPS) is 16.0. The van der Waals surface area contributed by atoms with Gasteiger partial charge in [0.25, 0.3) is 0 Å². The smallest absolute Gasteiger partial charge is 0.226 e.